The van der Waals surface area contributed by atoms with Gasteiger partial charge in [-0.25, -0.2) is 26.7 Å². The number of carbonyl (C=O) groups excluding carboxylic acids is 1. The third-order valence-electron chi connectivity index (χ3n) is 2.35. The number of carbonyl (C=O) groups is 1. The van der Waals surface area contributed by atoms with Gasteiger partial charge in [-0.3, -0.25) is 0 Å². The van der Waals surface area contributed by atoms with Crippen LogP contribution in [0.1, 0.15) is 0 Å². The first-order valence-corrected chi connectivity index (χ1v) is 7.29. The standard InChI is InChI=1S/C10H8ClF2N3O4S/c11-9-6-3-5(1-2-7(6)20-15-9)21(18,19)16-10(17)14-4-8(12)13/h1-3,8H,4H2,(H2,14,16,17). The number of hydrogen-bond donors (Lipinski definition) is 2. The second-order valence-corrected chi connectivity index (χ2v) is 5.88. The number of amides is 2. The molecule has 7 nitrogen and oxygen atoms in total. The Bertz CT molecular complexity index is 778. The lowest BCUT2D eigenvalue weighted by molar-refractivity contribution is 0.147. The number of halogens is 3. The van der Waals surface area contributed by atoms with Crippen molar-refractivity contribution in [1.29, 1.82) is 0 Å². The lowest BCUT2D eigenvalue weighted by atomic mass is 10.3. The van der Waals surface area contributed by atoms with Gasteiger partial charge in [0.1, 0.15) is 0 Å². The number of urea groups is 1. The third kappa shape index (κ3) is 3.58. The molecule has 0 spiro atoms. The molecule has 114 valence electrons. The van der Waals surface area contributed by atoms with Gasteiger partial charge in [0.05, 0.1) is 16.8 Å². The quantitative estimate of drug-likeness (QED) is 0.883. The number of aromatic nitrogens is 1. The summed E-state index contributed by atoms with van der Waals surface area (Å²) in [6.07, 6.45) is -2.79. The van der Waals surface area contributed by atoms with Crippen molar-refractivity contribution < 1.29 is 26.5 Å². The molecule has 2 aromatic rings. The van der Waals surface area contributed by atoms with Crippen LogP contribution in [-0.2, 0) is 10.0 Å². The van der Waals surface area contributed by atoms with Crippen LogP contribution in [0.2, 0.25) is 5.15 Å². The van der Waals surface area contributed by atoms with Gasteiger partial charge in [0.15, 0.2) is 10.7 Å². The van der Waals surface area contributed by atoms with Crippen LogP contribution in [0.5, 0.6) is 0 Å². The molecule has 0 aliphatic heterocycles. The van der Waals surface area contributed by atoms with Crippen LogP contribution < -0.4 is 10.0 Å². The highest BCUT2D eigenvalue weighted by atomic mass is 35.5. The minimum absolute atomic E-state index is 0.0378. The van der Waals surface area contributed by atoms with E-state index in [1.54, 1.807) is 10.0 Å². The van der Waals surface area contributed by atoms with E-state index in [2.05, 4.69) is 5.16 Å². The number of rotatable bonds is 4. The molecule has 0 bridgehead atoms. The summed E-state index contributed by atoms with van der Waals surface area (Å²) in [5.41, 5.74) is 0.265. The minimum atomic E-state index is -4.23. The number of nitrogens with zero attached hydrogens (tertiary/aromatic N) is 1. The average molecular weight is 340 g/mol. The second-order valence-electron chi connectivity index (χ2n) is 3.84. The van der Waals surface area contributed by atoms with E-state index in [4.69, 9.17) is 16.1 Å². The summed E-state index contributed by atoms with van der Waals surface area (Å²) in [6.45, 7) is -0.960. The maximum absolute atomic E-state index is 11.9. The molecule has 0 saturated carbocycles. The van der Waals surface area contributed by atoms with E-state index in [0.29, 0.717) is 0 Å². The number of benzene rings is 1. The topological polar surface area (TPSA) is 101 Å². The summed E-state index contributed by atoms with van der Waals surface area (Å²) in [4.78, 5) is 10.9. The summed E-state index contributed by atoms with van der Waals surface area (Å²) in [7, 11) is -4.23. The van der Waals surface area contributed by atoms with Gasteiger partial charge in [-0.05, 0) is 18.2 Å². The predicted octanol–water partition coefficient (Wildman–Crippen LogP) is 1.73. The van der Waals surface area contributed by atoms with Gasteiger partial charge in [0, 0.05) is 0 Å². The molecule has 1 aromatic heterocycles. The van der Waals surface area contributed by atoms with Crippen LogP contribution in [0.15, 0.2) is 27.6 Å². The fourth-order valence-electron chi connectivity index (χ4n) is 1.44. The molecular weight excluding hydrogens is 332 g/mol. The first-order valence-electron chi connectivity index (χ1n) is 5.43. The van der Waals surface area contributed by atoms with E-state index in [1.165, 1.54) is 6.07 Å². The van der Waals surface area contributed by atoms with Crippen molar-refractivity contribution in [2.24, 2.45) is 0 Å². The molecule has 2 rings (SSSR count). The maximum Gasteiger partial charge on any atom is 0.328 e. The zero-order valence-electron chi connectivity index (χ0n) is 10.1. The Kier molecular flexibility index (Phi) is 4.28. The molecule has 1 aromatic carbocycles. The highest BCUT2D eigenvalue weighted by Crippen LogP contribution is 2.25. The summed E-state index contributed by atoms with van der Waals surface area (Å²) < 4.78 is 54.0. The zero-order valence-corrected chi connectivity index (χ0v) is 11.7. The van der Waals surface area contributed by atoms with E-state index in [9.17, 15) is 22.0 Å². The molecule has 0 atom stereocenters. The minimum Gasteiger partial charge on any atom is -0.355 e. The summed E-state index contributed by atoms with van der Waals surface area (Å²) in [5.74, 6) is 0. The van der Waals surface area contributed by atoms with Gasteiger partial charge in [0.25, 0.3) is 16.4 Å². The Morgan fingerprint density at radius 2 is 2.14 bits per heavy atom. The van der Waals surface area contributed by atoms with Gasteiger partial charge in [-0.2, -0.15) is 0 Å². The largest absolute Gasteiger partial charge is 0.355 e. The normalized spacial score (nSPS) is 11.8. The van der Waals surface area contributed by atoms with E-state index < -0.39 is 29.0 Å². The Labute approximate surface area is 122 Å². The Balaban J connectivity index is 2.21. The summed E-state index contributed by atoms with van der Waals surface area (Å²) in [6, 6.07) is 2.36. The van der Waals surface area contributed by atoms with E-state index in [1.807, 2.05) is 0 Å². The Morgan fingerprint density at radius 1 is 1.43 bits per heavy atom. The molecule has 0 aliphatic rings. The molecule has 11 heteroatoms. The van der Waals surface area contributed by atoms with E-state index in [-0.39, 0.29) is 21.0 Å². The predicted molar refractivity (Wildman–Crippen MR) is 68.7 cm³/mol. The average Bonchev–Trinajstić information content (AvgIpc) is 2.77. The van der Waals surface area contributed by atoms with Crippen molar-refractivity contribution in [3.8, 4) is 0 Å². The number of nitrogens with one attached hydrogen (secondary N) is 2. The Hall–Kier alpha value is -1.94. The molecule has 21 heavy (non-hydrogen) atoms. The van der Waals surface area contributed by atoms with Gasteiger partial charge in [0.2, 0.25) is 0 Å². The molecule has 0 saturated heterocycles. The third-order valence-corrected chi connectivity index (χ3v) is 3.95. The van der Waals surface area contributed by atoms with Crippen molar-refractivity contribution >= 4 is 38.6 Å². The molecule has 2 amide bonds. The first kappa shape index (κ1) is 15.4. The lowest BCUT2D eigenvalue weighted by Gasteiger charge is -2.08. The van der Waals surface area contributed by atoms with Gasteiger partial charge in [-0.15, -0.1) is 0 Å². The highest BCUT2D eigenvalue weighted by Gasteiger charge is 2.20. The fraction of sp³-hybridized carbons (Fsp3) is 0.200. The molecule has 1 heterocycles. The van der Waals surface area contributed by atoms with Crippen molar-refractivity contribution in [3.05, 3.63) is 23.4 Å². The van der Waals surface area contributed by atoms with Crippen LogP contribution in [0, 0.1) is 0 Å². The molecule has 0 unspecified atom stereocenters. The SMILES string of the molecule is O=C(NCC(F)F)NS(=O)(=O)c1ccc2onc(Cl)c2c1. The monoisotopic (exact) mass is 339 g/mol. The Morgan fingerprint density at radius 3 is 2.81 bits per heavy atom. The fourth-order valence-corrected chi connectivity index (χ4v) is 2.58. The van der Waals surface area contributed by atoms with Gasteiger partial charge < -0.3 is 9.84 Å². The lowest BCUT2D eigenvalue weighted by Crippen LogP contribution is -2.41. The second kappa shape index (κ2) is 5.82. The molecule has 0 radical (unpaired) electrons. The van der Waals surface area contributed by atoms with Crippen LogP contribution in [0.3, 0.4) is 0 Å². The zero-order chi connectivity index (χ0) is 15.6. The van der Waals surface area contributed by atoms with Crippen molar-refractivity contribution in [3.63, 3.8) is 0 Å². The van der Waals surface area contributed by atoms with Gasteiger partial charge >= 0.3 is 6.03 Å². The highest BCUT2D eigenvalue weighted by molar-refractivity contribution is 7.90. The van der Waals surface area contributed by atoms with Crippen LogP contribution in [0.4, 0.5) is 13.6 Å². The molecule has 2 N–H and O–H groups in total. The van der Waals surface area contributed by atoms with Gasteiger partial charge in [-0.1, -0.05) is 16.8 Å². The number of hydrogen-bond acceptors (Lipinski definition) is 5. The number of fused-ring (bicyclic) bond motifs is 1. The maximum atomic E-state index is 11.9. The number of alkyl halides is 2. The van der Waals surface area contributed by atoms with Crippen molar-refractivity contribution in [1.82, 2.24) is 15.2 Å². The first-order chi connectivity index (χ1) is 9.79. The van der Waals surface area contributed by atoms with E-state index in [0.717, 1.165) is 12.1 Å². The molecular formula is C10H8ClF2N3O4S. The number of sulfonamides is 1. The van der Waals surface area contributed by atoms with Crippen molar-refractivity contribution in [2.75, 3.05) is 6.54 Å². The summed E-state index contributed by atoms with van der Waals surface area (Å²) in [5, 5.41) is 5.36. The van der Waals surface area contributed by atoms with E-state index >= 15 is 0 Å². The smallest absolute Gasteiger partial charge is 0.328 e. The van der Waals surface area contributed by atoms with Crippen LogP contribution in [0.25, 0.3) is 11.0 Å². The van der Waals surface area contributed by atoms with Crippen molar-refractivity contribution in [2.45, 2.75) is 11.3 Å². The molecule has 0 fully saturated rings. The molecule has 0 aliphatic carbocycles. The van der Waals surface area contributed by atoms with Crippen LogP contribution in [-0.4, -0.2) is 32.6 Å². The van der Waals surface area contributed by atoms with Crippen LogP contribution >= 0.6 is 11.6 Å². The summed E-state index contributed by atoms with van der Waals surface area (Å²) >= 11 is 5.70.